The molecule has 0 spiro atoms. The van der Waals surface area contributed by atoms with Gasteiger partial charge in [0.05, 0.1) is 0 Å². The number of unbranched alkanes of at least 4 members (excludes halogenated alkanes) is 52. The van der Waals surface area contributed by atoms with Gasteiger partial charge in [0.1, 0.15) is 5.78 Å². The first kappa shape index (κ1) is 103. The third-order valence-corrected chi connectivity index (χ3v) is 17.3. The minimum atomic E-state index is 0.167. The maximum absolute atomic E-state index is 9.44. The molecular formula is C93H180O. The minimum Gasteiger partial charge on any atom is -0.300 e. The standard InChI is InChI=1S/C22H34.C18H38.C18H36.C16H34.C16H32.C3H6O/c1-3-5-7-9-11-13-15-17-19-21-22-20-18-16-14-12-10-8-6-4-2;2*1-3-5-7-9-11-13-15-17-18-16-14-12-10-8-6-4-2;2*1-3-5-7-9-11-13-15-16-14-12-10-8-6-4-2;1-3(2)4/h5,7-8,10-11,13-14,16-17,19-20,22H,3-4,6,9,12,15,18,21H2,1-2H3;3-18H2,1-2H3;17-18H,3-16H2,1-2H3;3-16H2,1-2H3;3,5H,4,6-16H2,1-2H3;1-2H3/b7-5-,10-8-,13-11-,16-14-,19-17-,22-20-;;18-17-;;5-3-;. The molecular weight excluding hydrogens is 1130 g/mol. The second-order valence-electron chi connectivity index (χ2n) is 27.8. The van der Waals surface area contributed by atoms with Crippen molar-refractivity contribution in [3.05, 3.63) is 97.2 Å². The van der Waals surface area contributed by atoms with Crippen molar-refractivity contribution in [2.45, 2.75) is 494 Å². The van der Waals surface area contributed by atoms with Crippen LogP contribution in [0.1, 0.15) is 494 Å². The van der Waals surface area contributed by atoms with Crippen LogP contribution in [0, 0.1) is 0 Å². The van der Waals surface area contributed by atoms with Crippen LogP contribution < -0.4 is 0 Å². The highest BCUT2D eigenvalue weighted by Crippen LogP contribution is 2.17. The molecule has 0 atom stereocenters. The van der Waals surface area contributed by atoms with Crippen molar-refractivity contribution in [2.24, 2.45) is 0 Å². The van der Waals surface area contributed by atoms with Crippen molar-refractivity contribution < 1.29 is 4.79 Å². The molecule has 558 valence electrons. The van der Waals surface area contributed by atoms with Crippen LogP contribution in [0.2, 0.25) is 0 Å². The fourth-order valence-electron chi connectivity index (χ4n) is 11.1. The lowest BCUT2D eigenvalue weighted by atomic mass is 10.0. The molecule has 0 heterocycles. The number of ketones is 1. The van der Waals surface area contributed by atoms with E-state index in [9.17, 15) is 4.79 Å². The third kappa shape index (κ3) is 133. The highest BCUT2D eigenvalue weighted by molar-refractivity contribution is 5.72. The second-order valence-corrected chi connectivity index (χ2v) is 27.8. The molecule has 0 radical (unpaired) electrons. The summed E-state index contributed by atoms with van der Waals surface area (Å²) < 4.78 is 0. The Morgan fingerprint density at radius 3 is 0.500 bits per heavy atom. The molecule has 0 aromatic carbocycles. The predicted octanol–water partition coefficient (Wildman–Crippen LogP) is 35.1. The summed E-state index contributed by atoms with van der Waals surface area (Å²) in [5, 5.41) is 0. The largest absolute Gasteiger partial charge is 0.300 e. The van der Waals surface area contributed by atoms with E-state index in [-0.39, 0.29) is 5.78 Å². The summed E-state index contributed by atoms with van der Waals surface area (Å²) in [7, 11) is 0. The third-order valence-electron chi connectivity index (χ3n) is 17.3. The number of hydrogen-bond donors (Lipinski definition) is 0. The zero-order chi connectivity index (χ0) is 70.1. The first-order chi connectivity index (χ1) is 46.3. The van der Waals surface area contributed by atoms with Gasteiger partial charge in [-0.3, -0.25) is 0 Å². The summed E-state index contributed by atoms with van der Waals surface area (Å²) in [4.78, 5) is 9.44. The van der Waals surface area contributed by atoms with E-state index < -0.39 is 0 Å². The van der Waals surface area contributed by atoms with Crippen molar-refractivity contribution in [1.29, 1.82) is 0 Å². The molecule has 0 unspecified atom stereocenters. The predicted molar refractivity (Wildman–Crippen MR) is 442 cm³/mol. The average molecular weight is 1310 g/mol. The van der Waals surface area contributed by atoms with E-state index in [4.69, 9.17) is 0 Å². The average Bonchev–Trinajstić information content (AvgIpc) is 3.58. The first-order valence-corrected chi connectivity index (χ1v) is 42.9. The Morgan fingerprint density at radius 2 is 0.330 bits per heavy atom. The van der Waals surface area contributed by atoms with Crippen LogP contribution in [-0.2, 0) is 4.79 Å². The van der Waals surface area contributed by atoms with Gasteiger partial charge in [0.15, 0.2) is 0 Å². The molecule has 94 heavy (non-hydrogen) atoms. The summed E-state index contributed by atoms with van der Waals surface area (Å²) in [6.45, 7) is 25.6. The maximum atomic E-state index is 9.44. The topological polar surface area (TPSA) is 17.1 Å². The number of carbonyl (C=O) groups is 1. The molecule has 0 aliphatic rings. The van der Waals surface area contributed by atoms with Gasteiger partial charge in [0, 0.05) is 0 Å². The smallest absolute Gasteiger partial charge is 0.126 e. The van der Waals surface area contributed by atoms with E-state index in [2.05, 4.69) is 166 Å². The summed E-state index contributed by atoms with van der Waals surface area (Å²) in [5.74, 6) is 0.167. The van der Waals surface area contributed by atoms with Crippen LogP contribution in [0.15, 0.2) is 97.2 Å². The van der Waals surface area contributed by atoms with Gasteiger partial charge in [-0.2, -0.15) is 0 Å². The molecule has 0 bridgehead atoms. The van der Waals surface area contributed by atoms with Gasteiger partial charge in [-0.15, -0.1) is 0 Å². The molecule has 0 saturated heterocycles. The number of hydrogen-bond acceptors (Lipinski definition) is 1. The lowest BCUT2D eigenvalue weighted by molar-refractivity contribution is -0.115. The van der Waals surface area contributed by atoms with Gasteiger partial charge >= 0.3 is 0 Å². The van der Waals surface area contributed by atoms with Gasteiger partial charge < -0.3 is 4.79 Å². The molecule has 1 nitrogen and oxygen atoms in total. The highest BCUT2D eigenvalue weighted by atomic mass is 16.1. The van der Waals surface area contributed by atoms with Crippen molar-refractivity contribution >= 4 is 5.78 Å². The Balaban J connectivity index is -0.000000255. The lowest BCUT2D eigenvalue weighted by Gasteiger charge is -2.03. The first-order valence-electron chi connectivity index (χ1n) is 42.9. The van der Waals surface area contributed by atoms with Gasteiger partial charge in [-0.05, 0) is 104 Å². The summed E-state index contributed by atoms with van der Waals surface area (Å²) >= 11 is 0. The zero-order valence-electron chi connectivity index (χ0n) is 67.4. The van der Waals surface area contributed by atoms with Gasteiger partial charge in [0.25, 0.3) is 0 Å². The van der Waals surface area contributed by atoms with Crippen molar-refractivity contribution in [1.82, 2.24) is 0 Å². The highest BCUT2D eigenvalue weighted by Gasteiger charge is 1.97. The van der Waals surface area contributed by atoms with E-state index in [1.165, 1.54) is 386 Å². The molecule has 1 heteroatoms. The Kier molecular flexibility index (Phi) is 122. The van der Waals surface area contributed by atoms with Crippen LogP contribution in [0.25, 0.3) is 0 Å². The number of Topliss-reactive ketones (excluding diaryl/α,β-unsaturated/α-hetero) is 1. The van der Waals surface area contributed by atoms with Crippen LogP contribution in [0.5, 0.6) is 0 Å². The SMILES string of the molecule is C/C=C\CCCCCCCCCCCCC.CC(C)=O.CC/C=C\C/C=C\C/C=C\C/C=C\C/C=C\C/C=C\CCC.CCCCCCCC/C=C\CCCCCCCC.CCCCCCCCCCCCCCCC.CCCCCCCCCCCCCCCCCC. The number of allylic oxidation sites excluding steroid dienone is 16. The molecule has 0 N–H and O–H groups in total. The lowest BCUT2D eigenvalue weighted by Crippen LogP contribution is -1.83. The number of carbonyl (C=O) groups excluding carboxylic acids is 1. The van der Waals surface area contributed by atoms with Crippen LogP contribution in [-0.4, -0.2) is 5.78 Å². The van der Waals surface area contributed by atoms with Gasteiger partial charge in [-0.25, -0.2) is 0 Å². The quantitative estimate of drug-likeness (QED) is 0.0438. The molecule has 0 fully saturated rings. The fraction of sp³-hybridized carbons (Fsp3) is 0.817. The summed E-state index contributed by atoms with van der Waals surface area (Å²) in [6, 6.07) is 0. The molecule has 0 aromatic rings. The minimum absolute atomic E-state index is 0.167. The van der Waals surface area contributed by atoms with E-state index in [0.717, 1.165) is 38.5 Å². The molecule has 0 amide bonds. The molecule has 0 saturated carbocycles. The van der Waals surface area contributed by atoms with Crippen LogP contribution in [0.4, 0.5) is 0 Å². The Labute approximate surface area is 598 Å². The molecule has 0 aliphatic carbocycles. The van der Waals surface area contributed by atoms with E-state index in [1.54, 1.807) is 0 Å². The molecule has 0 aromatic heterocycles. The maximum Gasteiger partial charge on any atom is 0.126 e. The van der Waals surface area contributed by atoms with E-state index in [0.29, 0.717) is 0 Å². The monoisotopic (exact) mass is 1310 g/mol. The van der Waals surface area contributed by atoms with Crippen LogP contribution in [0.3, 0.4) is 0 Å². The Hall–Kier alpha value is -2.41. The molecule has 0 aliphatic heterocycles. The number of rotatable bonds is 67. The summed E-state index contributed by atoms with van der Waals surface area (Å²) in [5.41, 5.74) is 0. The van der Waals surface area contributed by atoms with Gasteiger partial charge in [0.2, 0.25) is 0 Å². The van der Waals surface area contributed by atoms with Crippen molar-refractivity contribution in [2.75, 3.05) is 0 Å². The van der Waals surface area contributed by atoms with Crippen LogP contribution >= 0.6 is 0 Å². The Morgan fingerprint density at radius 1 is 0.181 bits per heavy atom. The second kappa shape index (κ2) is 112. The Bertz CT molecular complexity index is 1410. The fourth-order valence-corrected chi connectivity index (χ4v) is 11.1. The van der Waals surface area contributed by atoms with E-state index >= 15 is 0 Å². The zero-order valence-corrected chi connectivity index (χ0v) is 67.4. The van der Waals surface area contributed by atoms with Crippen molar-refractivity contribution in [3.63, 3.8) is 0 Å². The normalized spacial score (nSPS) is 11.5. The summed E-state index contributed by atoms with van der Waals surface area (Å²) in [6.07, 6.45) is 125. The van der Waals surface area contributed by atoms with E-state index in [1.807, 2.05) is 0 Å². The van der Waals surface area contributed by atoms with Crippen molar-refractivity contribution in [3.8, 4) is 0 Å². The molecule has 0 rings (SSSR count). The van der Waals surface area contributed by atoms with Gasteiger partial charge in [-0.1, -0.05) is 487 Å².